The SMILES string of the molecule is N#CC(C#N)=Cc1cccn1-c1ccc(C(F)(F)F)cc1. The Morgan fingerprint density at radius 2 is 1.67 bits per heavy atom. The van der Waals surface area contributed by atoms with E-state index in [1.807, 2.05) is 0 Å². The lowest BCUT2D eigenvalue weighted by atomic mass is 10.2. The van der Waals surface area contributed by atoms with Crippen molar-refractivity contribution in [3.8, 4) is 17.8 Å². The van der Waals surface area contributed by atoms with Crippen molar-refractivity contribution in [3.05, 3.63) is 59.4 Å². The van der Waals surface area contributed by atoms with Gasteiger partial charge in [0.25, 0.3) is 0 Å². The quantitative estimate of drug-likeness (QED) is 0.786. The average molecular weight is 287 g/mol. The molecule has 6 heteroatoms. The van der Waals surface area contributed by atoms with E-state index < -0.39 is 11.7 Å². The Balaban J connectivity index is 2.42. The van der Waals surface area contributed by atoms with Crippen molar-refractivity contribution in [2.45, 2.75) is 6.18 Å². The Hall–Kier alpha value is -2.99. The summed E-state index contributed by atoms with van der Waals surface area (Å²) in [6.07, 6.45) is -1.37. The molecule has 0 spiro atoms. The Morgan fingerprint density at radius 3 is 2.19 bits per heavy atom. The number of benzene rings is 1. The van der Waals surface area contributed by atoms with Crippen molar-refractivity contribution >= 4 is 6.08 Å². The van der Waals surface area contributed by atoms with Gasteiger partial charge in [-0.1, -0.05) is 0 Å². The van der Waals surface area contributed by atoms with E-state index in [1.165, 1.54) is 18.2 Å². The van der Waals surface area contributed by atoms with E-state index >= 15 is 0 Å². The molecule has 0 atom stereocenters. The molecule has 21 heavy (non-hydrogen) atoms. The lowest BCUT2D eigenvalue weighted by Gasteiger charge is -2.10. The first kappa shape index (κ1) is 14.4. The first-order chi connectivity index (χ1) is 9.95. The predicted octanol–water partition coefficient (Wildman–Crippen LogP) is 3.93. The second-order valence-electron chi connectivity index (χ2n) is 4.13. The van der Waals surface area contributed by atoms with Crippen molar-refractivity contribution in [2.75, 3.05) is 0 Å². The van der Waals surface area contributed by atoms with Crippen LogP contribution in [0.3, 0.4) is 0 Å². The summed E-state index contributed by atoms with van der Waals surface area (Å²) in [4.78, 5) is 0. The number of halogens is 3. The topological polar surface area (TPSA) is 52.5 Å². The number of rotatable bonds is 2. The molecular weight excluding hydrogens is 279 g/mol. The Bertz CT molecular complexity index is 737. The molecule has 2 aromatic rings. The zero-order valence-corrected chi connectivity index (χ0v) is 10.6. The maximum Gasteiger partial charge on any atom is 0.416 e. The maximum absolute atomic E-state index is 12.5. The van der Waals surface area contributed by atoms with Crippen LogP contribution in [-0.4, -0.2) is 4.57 Å². The van der Waals surface area contributed by atoms with Crippen molar-refractivity contribution in [1.29, 1.82) is 10.5 Å². The van der Waals surface area contributed by atoms with Crippen LogP contribution in [-0.2, 0) is 6.18 Å². The monoisotopic (exact) mass is 287 g/mol. The first-order valence-electron chi connectivity index (χ1n) is 5.82. The highest BCUT2D eigenvalue weighted by molar-refractivity contribution is 5.61. The van der Waals surface area contributed by atoms with Crippen molar-refractivity contribution in [2.24, 2.45) is 0 Å². The summed E-state index contributed by atoms with van der Waals surface area (Å²) in [6, 6.07) is 11.4. The third-order valence-corrected chi connectivity index (χ3v) is 2.79. The molecule has 0 saturated heterocycles. The fraction of sp³-hybridized carbons (Fsp3) is 0.0667. The van der Waals surface area contributed by atoms with Gasteiger partial charge in [-0.05, 0) is 42.5 Å². The van der Waals surface area contributed by atoms with E-state index in [9.17, 15) is 13.2 Å². The van der Waals surface area contributed by atoms with E-state index in [1.54, 1.807) is 35.0 Å². The molecule has 0 amide bonds. The molecule has 104 valence electrons. The van der Waals surface area contributed by atoms with Crippen LogP contribution >= 0.6 is 0 Å². The van der Waals surface area contributed by atoms with Crippen LogP contribution in [0, 0.1) is 22.7 Å². The first-order valence-corrected chi connectivity index (χ1v) is 5.82. The predicted molar refractivity (Wildman–Crippen MR) is 70.0 cm³/mol. The molecule has 0 aliphatic carbocycles. The number of alkyl halides is 3. The minimum absolute atomic E-state index is 0.0816. The number of allylic oxidation sites excluding steroid dienone is 1. The highest BCUT2D eigenvalue weighted by atomic mass is 19.4. The second-order valence-corrected chi connectivity index (χ2v) is 4.13. The summed E-state index contributed by atoms with van der Waals surface area (Å²) in [5.41, 5.74) is 0.231. The molecule has 0 aliphatic heterocycles. The van der Waals surface area contributed by atoms with Gasteiger partial charge in [0.05, 0.1) is 5.56 Å². The smallest absolute Gasteiger partial charge is 0.317 e. The zero-order valence-electron chi connectivity index (χ0n) is 10.6. The normalized spacial score (nSPS) is 10.5. The van der Waals surface area contributed by atoms with Crippen LogP contribution in [0.5, 0.6) is 0 Å². The highest BCUT2D eigenvalue weighted by Crippen LogP contribution is 2.29. The maximum atomic E-state index is 12.5. The fourth-order valence-electron chi connectivity index (χ4n) is 1.80. The molecule has 1 aromatic heterocycles. The molecule has 3 nitrogen and oxygen atoms in total. The van der Waals surface area contributed by atoms with Crippen LogP contribution in [0.2, 0.25) is 0 Å². The number of nitrogens with zero attached hydrogens (tertiary/aromatic N) is 3. The molecule has 1 aromatic carbocycles. The van der Waals surface area contributed by atoms with Crippen LogP contribution < -0.4 is 0 Å². The third kappa shape index (κ3) is 3.13. The van der Waals surface area contributed by atoms with E-state index in [-0.39, 0.29) is 5.57 Å². The number of hydrogen-bond acceptors (Lipinski definition) is 2. The second kappa shape index (κ2) is 5.56. The zero-order chi connectivity index (χ0) is 15.5. The molecule has 0 fully saturated rings. The lowest BCUT2D eigenvalue weighted by Crippen LogP contribution is -2.05. The van der Waals surface area contributed by atoms with Crippen LogP contribution in [0.15, 0.2) is 48.2 Å². The van der Waals surface area contributed by atoms with Crippen LogP contribution in [0.1, 0.15) is 11.3 Å². The van der Waals surface area contributed by atoms with E-state index in [2.05, 4.69) is 0 Å². The minimum atomic E-state index is -4.38. The number of aromatic nitrogens is 1. The van der Waals surface area contributed by atoms with Gasteiger partial charge in [-0.15, -0.1) is 0 Å². The van der Waals surface area contributed by atoms with E-state index in [0.29, 0.717) is 11.4 Å². The summed E-state index contributed by atoms with van der Waals surface area (Å²) < 4.78 is 39.1. The lowest BCUT2D eigenvalue weighted by molar-refractivity contribution is -0.137. The van der Waals surface area contributed by atoms with Gasteiger partial charge in [-0.2, -0.15) is 23.7 Å². The Morgan fingerprint density at radius 1 is 1.05 bits per heavy atom. The van der Waals surface area contributed by atoms with Gasteiger partial charge in [0, 0.05) is 17.6 Å². The number of hydrogen-bond donors (Lipinski definition) is 0. The average Bonchev–Trinajstić information content (AvgIpc) is 2.92. The van der Waals surface area contributed by atoms with Crippen molar-refractivity contribution in [1.82, 2.24) is 4.57 Å². The molecule has 0 saturated carbocycles. The van der Waals surface area contributed by atoms with Crippen molar-refractivity contribution in [3.63, 3.8) is 0 Å². The van der Waals surface area contributed by atoms with Gasteiger partial charge in [-0.25, -0.2) is 0 Å². The van der Waals surface area contributed by atoms with Gasteiger partial charge < -0.3 is 4.57 Å². The fourth-order valence-corrected chi connectivity index (χ4v) is 1.80. The molecule has 0 radical (unpaired) electrons. The molecule has 0 unspecified atom stereocenters. The van der Waals surface area contributed by atoms with Crippen molar-refractivity contribution < 1.29 is 13.2 Å². The summed E-state index contributed by atoms with van der Waals surface area (Å²) in [5, 5.41) is 17.5. The third-order valence-electron chi connectivity index (χ3n) is 2.79. The van der Waals surface area contributed by atoms with Gasteiger partial charge in [0.2, 0.25) is 0 Å². The van der Waals surface area contributed by atoms with E-state index in [4.69, 9.17) is 10.5 Å². The van der Waals surface area contributed by atoms with Gasteiger partial charge in [0.15, 0.2) is 0 Å². The van der Waals surface area contributed by atoms with Crippen LogP contribution in [0.25, 0.3) is 11.8 Å². The minimum Gasteiger partial charge on any atom is -0.317 e. The van der Waals surface area contributed by atoms with Gasteiger partial charge in [0.1, 0.15) is 17.7 Å². The molecule has 0 bridgehead atoms. The standard InChI is InChI=1S/C15H8F3N3/c16-15(17,18)12-3-5-13(6-4-12)21-7-1-2-14(21)8-11(9-19)10-20/h1-8H. The van der Waals surface area contributed by atoms with E-state index in [0.717, 1.165) is 12.1 Å². The van der Waals surface area contributed by atoms with Crippen LogP contribution in [0.4, 0.5) is 13.2 Å². The molecule has 0 aliphatic rings. The van der Waals surface area contributed by atoms with Gasteiger partial charge >= 0.3 is 6.18 Å². The molecule has 1 heterocycles. The van der Waals surface area contributed by atoms with Gasteiger partial charge in [-0.3, -0.25) is 0 Å². The molecule has 2 rings (SSSR count). The Kier molecular flexibility index (Phi) is 3.82. The largest absolute Gasteiger partial charge is 0.416 e. The molecular formula is C15H8F3N3. The summed E-state index contributed by atoms with van der Waals surface area (Å²) in [5.74, 6) is 0. The summed E-state index contributed by atoms with van der Waals surface area (Å²) in [6.45, 7) is 0. The Labute approximate surface area is 118 Å². The molecule has 0 N–H and O–H groups in total. The highest BCUT2D eigenvalue weighted by Gasteiger charge is 2.29. The summed E-state index contributed by atoms with van der Waals surface area (Å²) in [7, 11) is 0. The number of nitriles is 2. The summed E-state index contributed by atoms with van der Waals surface area (Å²) >= 11 is 0.